The van der Waals surface area contributed by atoms with E-state index in [4.69, 9.17) is 11.6 Å². The fraction of sp³-hybridized carbons (Fsp3) is 0.214. The monoisotopic (exact) mass is 262 g/mol. The van der Waals surface area contributed by atoms with Gasteiger partial charge in [-0.15, -0.1) is 0 Å². The van der Waals surface area contributed by atoms with Gasteiger partial charge in [0.15, 0.2) is 0 Å². The molecular formula is C14H15ClN2O. The zero-order valence-electron chi connectivity index (χ0n) is 10.2. The molecule has 1 N–H and O–H groups in total. The van der Waals surface area contributed by atoms with E-state index >= 15 is 0 Å². The number of nitrogens with zero attached hydrogens (tertiary/aromatic N) is 1. The molecule has 1 aromatic carbocycles. The largest absolute Gasteiger partial charge is 0.324 e. The maximum atomic E-state index is 11.7. The first-order chi connectivity index (χ1) is 8.70. The molecule has 0 bridgehead atoms. The second-order valence-corrected chi connectivity index (χ2v) is 4.49. The summed E-state index contributed by atoms with van der Waals surface area (Å²) in [4.78, 5) is 11.7. The van der Waals surface area contributed by atoms with Gasteiger partial charge in [-0.3, -0.25) is 4.79 Å². The normalized spacial score (nSPS) is 10.3. The van der Waals surface area contributed by atoms with Crippen molar-refractivity contribution in [2.24, 2.45) is 0 Å². The van der Waals surface area contributed by atoms with Crippen molar-refractivity contribution in [1.82, 2.24) is 4.57 Å². The van der Waals surface area contributed by atoms with Gasteiger partial charge < -0.3 is 9.88 Å². The highest BCUT2D eigenvalue weighted by Crippen LogP contribution is 2.24. The van der Waals surface area contributed by atoms with Gasteiger partial charge >= 0.3 is 0 Å². The van der Waals surface area contributed by atoms with Crippen LogP contribution in [0.1, 0.15) is 19.8 Å². The molecule has 0 saturated heterocycles. The van der Waals surface area contributed by atoms with Gasteiger partial charge in [-0.25, -0.2) is 0 Å². The summed E-state index contributed by atoms with van der Waals surface area (Å²) in [5.74, 6) is 0.0215. The molecule has 0 fully saturated rings. The number of nitrogens with one attached hydrogen (secondary N) is 1. The van der Waals surface area contributed by atoms with Crippen molar-refractivity contribution in [2.75, 3.05) is 5.32 Å². The highest BCUT2D eigenvalue weighted by Gasteiger charge is 2.08. The van der Waals surface area contributed by atoms with Gasteiger partial charge in [0.1, 0.15) is 0 Å². The first-order valence-corrected chi connectivity index (χ1v) is 6.31. The van der Waals surface area contributed by atoms with E-state index in [-0.39, 0.29) is 5.91 Å². The molecule has 0 aliphatic heterocycles. The third-order valence-corrected chi connectivity index (χ3v) is 2.83. The van der Waals surface area contributed by atoms with Crippen molar-refractivity contribution in [3.63, 3.8) is 0 Å². The minimum absolute atomic E-state index is 0.0215. The van der Waals surface area contributed by atoms with Crippen LogP contribution in [0.2, 0.25) is 5.02 Å². The number of rotatable bonds is 4. The van der Waals surface area contributed by atoms with E-state index in [0.717, 1.165) is 17.8 Å². The second kappa shape index (κ2) is 5.74. The van der Waals surface area contributed by atoms with Crippen LogP contribution in [-0.2, 0) is 4.79 Å². The lowest BCUT2D eigenvalue weighted by atomic mass is 10.2. The van der Waals surface area contributed by atoms with Crippen molar-refractivity contribution in [2.45, 2.75) is 19.8 Å². The van der Waals surface area contributed by atoms with E-state index in [1.165, 1.54) is 0 Å². The second-order valence-electron chi connectivity index (χ2n) is 4.05. The van der Waals surface area contributed by atoms with Crippen LogP contribution in [0.5, 0.6) is 0 Å². The van der Waals surface area contributed by atoms with Crippen molar-refractivity contribution >= 4 is 23.2 Å². The Bertz CT molecular complexity index is 535. The van der Waals surface area contributed by atoms with Crippen LogP contribution in [0.25, 0.3) is 5.69 Å². The van der Waals surface area contributed by atoms with Crippen LogP contribution < -0.4 is 5.32 Å². The Hall–Kier alpha value is -1.74. The number of carbonyl (C=O) groups excluding carboxylic acids is 1. The number of carbonyl (C=O) groups is 1. The summed E-state index contributed by atoms with van der Waals surface area (Å²) in [5, 5.41) is 3.55. The summed E-state index contributed by atoms with van der Waals surface area (Å²) >= 11 is 6.01. The van der Waals surface area contributed by atoms with E-state index in [0.29, 0.717) is 11.4 Å². The lowest BCUT2D eigenvalue weighted by molar-refractivity contribution is -0.116. The highest BCUT2D eigenvalue weighted by atomic mass is 35.5. The Balaban J connectivity index is 2.32. The SMILES string of the molecule is CCCC(=O)Nc1ccc(Cl)cc1-n1cccc1. The molecule has 0 aliphatic rings. The third-order valence-electron chi connectivity index (χ3n) is 2.59. The summed E-state index contributed by atoms with van der Waals surface area (Å²) in [6.07, 6.45) is 5.19. The first kappa shape index (κ1) is 12.7. The number of amides is 1. The minimum Gasteiger partial charge on any atom is -0.324 e. The fourth-order valence-corrected chi connectivity index (χ4v) is 1.93. The highest BCUT2D eigenvalue weighted by molar-refractivity contribution is 6.30. The predicted molar refractivity (Wildman–Crippen MR) is 74.3 cm³/mol. The molecule has 0 radical (unpaired) electrons. The van der Waals surface area contributed by atoms with Gasteiger partial charge in [0.2, 0.25) is 5.91 Å². The molecule has 0 spiro atoms. The smallest absolute Gasteiger partial charge is 0.224 e. The maximum Gasteiger partial charge on any atom is 0.224 e. The number of benzene rings is 1. The summed E-state index contributed by atoms with van der Waals surface area (Å²) in [6, 6.07) is 9.29. The van der Waals surface area contributed by atoms with Gasteiger partial charge in [-0.2, -0.15) is 0 Å². The summed E-state index contributed by atoms with van der Waals surface area (Å²) in [5.41, 5.74) is 1.64. The number of anilines is 1. The molecule has 1 amide bonds. The molecule has 94 valence electrons. The molecule has 0 unspecified atom stereocenters. The van der Waals surface area contributed by atoms with Crippen LogP contribution in [0.3, 0.4) is 0 Å². The molecule has 2 rings (SSSR count). The lowest BCUT2D eigenvalue weighted by Crippen LogP contribution is -2.12. The minimum atomic E-state index is 0.0215. The predicted octanol–water partition coefficient (Wildman–Crippen LogP) is 3.87. The Labute approximate surface area is 111 Å². The Morgan fingerprint density at radius 2 is 2.06 bits per heavy atom. The molecule has 3 nitrogen and oxygen atoms in total. The lowest BCUT2D eigenvalue weighted by Gasteiger charge is -2.12. The number of hydrogen-bond donors (Lipinski definition) is 1. The number of aromatic nitrogens is 1. The van der Waals surface area contributed by atoms with E-state index in [9.17, 15) is 4.79 Å². The molecule has 18 heavy (non-hydrogen) atoms. The first-order valence-electron chi connectivity index (χ1n) is 5.93. The quantitative estimate of drug-likeness (QED) is 0.892. The zero-order chi connectivity index (χ0) is 13.0. The molecule has 0 atom stereocenters. The molecule has 0 aliphatic carbocycles. The average molecular weight is 263 g/mol. The van der Waals surface area contributed by atoms with E-state index in [1.807, 2.05) is 48.1 Å². The van der Waals surface area contributed by atoms with Crippen LogP contribution in [0, 0.1) is 0 Å². The summed E-state index contributed by atoms with van der Waals surface area (Å²) < 4.78 is 1.92. The number of hydrogen-bond acceptors (Lipinski definition) is 1. The standard InChI is InChI=1S/C14H15ClN2O/c1-2-5-14(18)16-12-7-6-11(15)10-13(12)17-8-3-4-9-17/h3-4,6-10H,2,5H2,1H3,(H,16,18). The van der Waals surface area contributed by atoms with Crippen molar-refractivity contribution in [1.29, 1.82) is 0 Å². The van der Waals surface area contributed by atoms with Crippen LogP contribution in [-0.4, -0.2) is 10.5 Å². The van der Waals surface area contributed by atoms with Crippen molar-refractivity contribution in [3.05, 3.63) is 47.7 Å². The zero-order valence-corrected chi connectivity index (χ0v) is 10.9. The molecular weight excluding hydrogens is 248 g/mol. The molecule has 0 saturated carbocycles. The van der Waals surface area contributed by atoms with E-state index < -0.39 is 0 Å². The van der Waals surface area contributed by atoms with E-state index in [1.54, 1.807) is 6.07 Å². The maximum absolute atomic E-state index is 11.7. The molecule has 1 aromatic heterocycles. The summed E-state index contributed by atoms with van der Waals surface area (Å²) in [6.45, 7) is 1.98. The molecule has 2 aromatic rings. The van der Waals surface area contributed by atoms with Gasteiger partial charge in [0, 0.05) is 23.8 Å². The van der Waals surface area contributed by atoms with Gasteiger partial charge in [0.05, 0.1) is 11.4 Å². The van der Waals surface area contributed by atoms with Gasteiger partial charge in [-0.1, -0.05) is 18.5 Å². The average Bonchev–Trinajstić information content (AvgIpc) is 2.85. The Kier molecular flexibility index (Phi) is 4.05. The van der Waals surface area contributed by atoms with Crippen LogP contribution >= 0.6 is 11.6 Å². The Morgan fingerprint density at radius 3 is 2.72 bits per heavy atom. The van der Waals surface area contributed by atoms with Crippen molar-refractivity contribution < 1.29 is 4.79 Å². The molecule has 4 heteroatoms. The van der Waals surface area contributed by atoms with Crippen LogP contribution in [0.4, 0.5) is 5.69 Å². The van der Waals surface area contributed by atoms with E-state index in [2.05, 4.69) is 5.32 Å². The summed E-state index contributed by atoms with van der Waals surface area (Å²) in [7, 11) is 0. The number of halogens is 1. The fourth-order valence-electron chi connectivity index (χ4n) is 1.76. The van der Waals surface area contributed by atoms with Crippen LogP contribution in [0.15, 0.2) is 42.7 Å². The van der Waals surface area contributed by atoms with Gasteiger partial charge in [0.25, 0.3) is 0 Å². The topological polar surface area (TPSA) is 34.0 Å². The Morgan fingerprint density at radius 1 is 1.33 bits per heavy atom. The molecule has 1 heterocycles. The third kappa shape index (κ3) is 2.93. The van der Waals surface area contributed by atoms with Gasteiger partial charge in [-0.05, 0) is 36.8 Å². The van der Waals surface area contributed by atoms with Crippen molar-refractivity contribution in [3.8, 4) is 5.69 Å².